The van der Waals surface area contributed by atoms with E-state index in [1.54, 1.807) is 25.2 Å². The van der Waals surface area contributed by atoms with Crippen LogP contribution in [0.3, 0.4) is 0 Å². The topological polar surface area (TPSA) is 46.9 Å². The van der Waals surface area contributed by atoms with Crippen LogP contribution < -0.4 is 10.9 Å². The van der Waals surface area contributed by atoms with Crippen LogP contribution in [-0.2, 0) is 0 Å². The molecule has 0 spiro atoms. The molecule has 6 heteroatoms. The number of fused-ring (bicyclic) bond motifs is 1. The van der Waals surface area contributed by atoms with Gasteiger partial charge in [0.25, 0.3) is 5.56 Å². The summed E-state index contributed by atoms with van der Waals surface area (Å²) < 4.78 is 1.37. The molecule has 4 nitrogen and oxygen atoms in total. The van der Waals surface area contributed by atoms with Crippen molar-refractivity contribution in [3.05, 3.63) is 38.9 Å². The van der Waals surface area contributed by atoms with Crippen molar-refractivity contribution in [3.8, 4) is 0 Å². The molecule has 1 heterocycles. The van der Waals surface area contributed by atoms with E-state index in [9.17, 15) is 4.79 Å². The Hall–Kier alpha value is -1.10. The average Bonchev–Trinajstić information content (AvgIpc) is 2.28. The fraction of sp³-hybridized carbons (Fsp3) is 0.273. The number of halogens is 2. The van der Waals surface area contributed by atoms with Gasteiger partial charge >= 0.3 is 0 Å². The van der Waals surface area contributed by atoms with Gasteiger partial charge < -0.3 is 5.32 Å². The summed E-state index contributed by atoms with van der Waals surface area (Å²) in [5.74, 6) is 0. The van der Waals surface area contributed by atoms with Gasteiger partial charge in [0, 0.05) is 0 Å². The summed E-state index contributed by atoms with van der Waals surface area (Å²) in [6.45, 7) is 1.82. The number of benzene rings is 1. The second kappa shape index (κ2) is 4.64. The van der Waals surface area contributed by atoms with E-state index in [2.05, 4.69) is 10.3 Å². The molecule has 17 heavy (non-hydrogen) atoms. The van der Waals surface area contributed by atoms with Gasteiger partial charge in [0.05, 0.1) is 22.1 Å². The first-order valence-corrected chi connectivity index (χ1v) is 5.85. The van der Waals surface area contributed by atoms with E-state index in [1.165, 1.54) is 4.57 Å². The molecule has 1 atom stereocenters. The van der Waals surface area contributed by atoms with E-state index in [4.69, 9.17) is 23.2 Å². The second-order valence-corrected chi connectivity index (χ2v) is 4.40. The minimum Gasteiger partial charge on any atom is -0.300 e. The monoisotopic (exact) mass is 271 g/mol. The summed E-state index contributed by atoms with van der Waals surface area (Å²) in [5, 5.41) is 3.86. The Kier molecular flexibility index (Phi) is 3.38. The van der Waals surface area contributed by atoms with Crippen LogP contribution >= 0.6 is 23.2 Å². The molecule has 0 saturated heterocycles. The first kappa shape index (κ1) is 12.4. The number of aromatic nitrogens is 2. The van der Waals surface area contributed by atoms with Gasteiger partial charge in [-0.2, -0.15) is 0 Å². The van der Waals surface area contributed by atoms with Crippen LogP contribution in [0, 0.1) is 0 Å². The normalized spacial score (nSPS) is 12.9. The maximum absolute atomic E-state index is 12.3. The number of rotatable bonds is 2. The lowest BCUT2D eigenvalue weighted by atomic mass is 10.2. The summed E-state index contributed by atoms with van der Waals surface area (Å²) in [7, 11) is 1.74. The van der Waals surface area contributed by atoms with Crippen LogP contribution in [0.1, 0.15) is 13.1 Å². The Bertz CT molecular complexity index is 624. The molecule has 0 amide bonds. The van der Waals surface area contributed by atoms with Crippen molar-refractivity contribution in [2.75, 3.05) is 7.05 Å². The van der Waals surface area contributed by atoms with Gasteiger partial charge in [-0.1, -0.05) is 17.7 Å². The van der Waals surface area contributed by atoms with Crippen molar-refractivity contribution in [3.63, 3.8) is 0 Å². The molecule has 1 N–H and O–H groups in total. The average molecular weight is 272 g/mol. The standard InChI is InChI=1S/C11H11Cl2N3O/c1-6(14-2)16-10(17)9-7(12)4-3-5-8(9)15-11(16)13/h3-6,14H,1-2H3. The Labute approximate surface area is 108 Å². The molecule has 1 aromatic heterocycles. The fourth-order valence-electron chi connectivity index (χ4n) is 1.64. The SMILES string of the molecule is CNC(C)n1c(Cl)nc2cccc(Cl)c2c1=O. The highest BCUT2D eigenvalue weighted by atomic mass is 35.5. The Morgan fingerprint density at radius 2 is 2.12 bits per heavy atom. The third-order valence-electron chi connectivity index (χ3n) is 2.64. The molecule has 0 saturated carbocycles. The number of hydrogen-bond donors (Lipinski definition) is 1. The highest BCUT2D eigenvalue weighted by molar-refractivity contribution is 6.35. The number of hydrogen-bond acceptors (Lipinski definition) is 3. The zero-order valence-electron chi connectivity index (χ0n) is 9.37. The number of nitrogens with zero attached hydrogens (tertiary/aromatic N) is 2. The van der Waals surface area contributed by atoms with E-state index >= 15 is 0 Å². The van der Waals surface area contributed by atoms with Crippen LogP contribution in [-0.4, -0.2) is 16.6 Å². The predicted molar refractivity (Wildman–Crippen MR) is 69.8 cm³/mol. The largest absolute Gasteiger partial charge is 0.300 e. The summed E-state index contributed by atoms with van der Waals surface area (Å²) in [5.41, 5.74) is 0.263. The summed E-state index contributed by atoms with van der Waals surface area (Å²) in [4.78, 5) is 16.5. The molecule has 0 aliphatic rings. The fourth-order valence-corrected chi connectivity index (χ4v) is 2.20. The van der Waals surface area contributed by atoms with Gasteiger partial charge in [0.15, 0.2) is 0 Å². The minimum absolute atomic E-state index is 0.145. The third kappa shape index (κ3) is 2.04. The Morgan fingerprint density at radius 3 is 2.76 bits per heavy atom. The molecular weight excluding hydrogens is 261 g/mol. The van der Waals surface area contributed by atoms with E-state index in [0.717, 1.165) is 0 Å². The van der Waals surface area contributed by atoms with Gasteiger partial charge in [0.2, 0.25) is 5.28 Å². The first-order valence-electron chi connectivity index (χ1n) is 5.09. The van der Waals surface area contributed by atoms with Gasteiger partial charge in [-0.25, -0.2) is 4.98 Å². The maximum atomic E-state index is 12.3. The Balaban J connectivity index is 2.88. The van der Waals surface area contributed by atoms with Crippen LogP contribution in [0.4, 0.5) is 0 Å². The van der Waals surface area contributed by atoms with Gasteiger partial charge in [0.1, 0.15) is 0 Å². The lowest BCUT2D eigenvalue weighted by molar-refractivity contribution is 0.461. The van der Waals surface area contributed by atoms with Crippen LogP contribution in [0.2, 0.25) is 10.3 Å². The molecule has 0 aliphatic carbocycles. The Morgan fingerprint density at radius 1 is 1.41 bits per heavy atom. The van der Waals surface area contributed by atoms with Gasteiger partial charge in [-0.15, -0.1) is 0 Å². The summed E-state index contributed by atoms with van der Waals surface area (Å²) in [6, 6.07) is 5.11. The molecule has 90 valence electrons. The van der Waals surface area contributed by atoms with Crippen molar-refractivity contribution in [1.82, 2.24) is 14.9 Å². The summed E-state index contributed by atoms with van der Waals surface area (Å²) in [6.07, 6.45) is -0.247. The smallest absolute Gasteiger partial charge is 0.265 e. The minimum atomic E-state index is -0.247. The molecule has 1 aromatic carbocycles. The van der Waals surface area contributed by atoms with Crippen molar-refractivity contribution in [1.29, 1.82) is 0 Å². The van der Waals surface area contributed by atoms with Crippen molar-refractivity contribution in [2.24, 2.45) is 0 Å². The zero-order chi connectivity index (χ0) is 12.6. The number of nitrogens with one attached hydrogen (secondary N) is 1. The highest BCUT2D eigenvalue weighted by Crippen LogP contribution is 2.21. The first-order chi connectivity index (χ1) is 8.06. The maximum Gasteiger partial charge on any atom is 0.265 e. The van der Waals surface area contributed by atoms with Crippen LogP contribution in [0.15, 0.2) is 23.0 Å². The molecule has 0 fully saturated rings. The van der Waals surface area contributed by atoms with E-state index in [-0.39, 0.29) is 17.0 Å². The van der Waals surface area contributed by atoms with Crippen molar-refractivity contribution in [2.45, 2.75) is 13.1 Å². The van der Waals surface area contributed by atoms with Gasteiger partial charge in [-0.3, -0.25) is 9.36 Å². The van der Waals surface area contributed by atoms with Crippen molar-refractivity contribution < 1.29 is 0 Å². The summed E-state index contributed by atoms with van der Waals surface area (Å²) >= 11 is 12.0. The van der Waals surface area contributed by atoms with E-state index in [1.807, 2.05) is 6.92 Å². The third-order valence-corrected chi connectivity index (χ3v) is 3.22. The van der Waals surface area contributed by atoms with E-state index < -0.39 is 0 Å². The lowest BCUT2D eigenvalue weighted by Gasteiger charge is -2.16. The van der Waals surface area contributed by atoms with Gasteiger partial charge in [-0.05, 0) is 37.7 Å². The predicted octanol–water partition coefficient (Wildman–Crippen LogP) is 2.44. The molecule has 0 aliphatic heterocycles. The van der Waals surface area contributed by atoms with Crippen LogP contribution in [0.25, 0.3) is 10.9 Å². The van der Waals surface area contributed by atoms with Crippen LogP contribution in [0.5, 0.6) is 0 Å². The van der Waals surface area contributed by atoms with E-state index in [0.29, 0.717) is 15.9 Å². The quantitative estimate of drug-likeness (QED) is 0.854. The molecule has 2 rings (SSSR count). The molecule has 0 bridgehead atoms. The highest BCUT2D eigenvalue weighted by Gasteiger charge is 2.15. The second-order valence-electron chi connectivity index (χ2n) is 3.65. The molecule has 1 unspecified atom stereocenters. The molecular formula is C11H11Cl2N3O. The lowest BCUT2D eigenvalue weighted by Crippen LogP contribution is -2.31. The zero-order valence-corrected chi connectivity index (χ0v) is 10.9. The van der Waals surface area contributed by atoms with Crippen molar-refractivity contribution >= 4 is 34.1 Å². The molecule has 0 radical (unpaired) electrons. The molecule has 2 aromatic rings.